The number of anilines is 1. The topological polar surface area (TPSA) is 76.8 Å². The van der Waals surface area contributed by atoms with Crippen molar-refractivity contribution in [1.29, 1.82) is 0 Å². The predicted molar refractivity (Wildman–Crippen MR) is 116 cm³/mol. The van der Waals surface area contributed by atoms with Gasteiger partial charge in [-0.15, -0.1) is 0 Å². The molecule has 0 amide bonds. The van der Waals surface area contributed by atoms with E-state index in [0.29, 0.717) is 18.2 Å². The van der Waals surface area contributed by atoms with Crippen LogP contribution in [0.1, 0.15) is 12.8 Å². The van der Waals surface area contributed by atoms with Crippen LogP contribution >= 0.6 is 0 Å². The molecule has 1 fully saturated rings. The van der Waals surface area contributed by atoms with Crippen LogP contribution in [0.4, 0.5) is 10.2 Å². The molecule has 156 valence electrons. The minimum atomic E-state index is -0.292. The number of hydrogen-bond acceptors (Lipinski definition) is 6. The maximum absolute atomic E-state index is 13.7. The molecular weight excluding hydrogens is 395 g/mol. The first-order valence-electron chi connectivity index (χ1n) is 10.3. The molecule has 4 aromatic rings. The lowest BCUT2D eigenvalue weighted by molar-refractivity contribution is 0.350. The SMILES string of the molecule is O=c1cc(-c2cccnc2)ncn1CC1CCN(c2ncnc3ccc(F)cc23)CC1. The van der Waals surface area contributed by atoms with Crippen molar-refractivity contribution < 1.29 is 4.39 Å². The lowest BCUT2D eigenvalue weighted by atomic mass is 9.96. The monoisotopic (exact) mass is 416 g/mol. The average Bonchev–Trinajstić information content (AvgIpc) is 2.81. The van der Waals surface area contributed by atoms with Crippen molar-refractivity contribution in [2.24, 2.45) is 5.92 Å². The van der Waals surface area contributed by atoms with E-state index in [1.807, 2.05) is 12.1 Å². The van der Waals surface area contributed by atoms with Gasteiger partial charge in [-0.3, -0.25) is 14.3 Å². The van der Waals surface area contributed by atoms with E-state index in [1.54, 1.807) is 35.4 Å². The van der Waals surface area contributed by atoms with Gasteiger partial charge in [0.1, 0.15) is 18.0 Å². The molecule has 1 saturated heterocycles. The van der Waals surface area contributed by atoms with Crippen LogP contribution in [-0.4, -0.2) is 37.6 Å². The van der Waals surface area contributed by atoms with E-state index in [2.05, 4.69) is 24.8 Å². The van der Waals surface area contributed by atoms with Gasteiger partial charge >= 0.3 is 0 Å². The summed E-state index contributed by atoms with van der Waals surface area (Å²) in [5.41, 5.74) is 2.13. The van der Waals surface area contributed by atoms with Crippen LogP contribution in [0.15, 0.2) is 66.2 Å². The Bertz CT molecular complexity index is 1270. The third kappa shape index (κ3) is 4.01. The van der Waals surface area contributed by atoms with Gasteiger partial charge in [0.25, 0.3) is 5.56 Å². The van der Waals surface area contributed by atoms with Crippen LogP contribution in [0.25, 0.3) is 22.2 Å². The van der Waals surface area contributed by atoms with E-state index >= 15 is 0 Å². The van der Waals surface area contributed by atoms with Gasteiger partial charge in [0.05, 0.1) is 17.5 Å². The van der Waals surface area contributed by atoms with Gasteiger partial charge in [-0.25, -0.2) is 19.3 Å². The van der Waals surface area contributed by atoms with E-state index < -0.39 is 0 Å². The van der Waals surface area contributed by atoms with Crippen LogP contribution in [0.5, 0.6) is 0 Å². The Morgan fingerprint density at radius 3 is 2.71 bits per heavy atom. The first kappa shape index (κ1) is 19.3. The zero-order valence-electron chi connectivity index (χ0n) is 16.9. The summed E-state index contributed by atoms with van der Waals surface area (Å²) in [4.78, 5) is 31.9. The van der Waals surface area contributed by atoms with Crippen molar-refractivity contribution in [3.05, 3.63) is 77.6 Å². The standard InChI is InChI=1S/C23H21FN6O/c24-18-3-4-20-19(10-18)23(27-14-26-20)29-8-5-16(6-9-29)13-30-15-28-21(11-22(30)31)17-2-1-7-25-12-17/h1-4,7,10-12,14-16H,5-6,8-9,13H2. The molecule has 0 spiro atoms. The highest BCUT2D eigenvalue weighted by molar-refractivity contribution is 5.89. The molecule has 1 aromatic carbocycles. The Labute approximate surface area is 178 Å². The molecule has 7 nitrogen and oxygen atoms in total. The maximum atomic E-state index is 13.7. The number of pyridine rings is 1. The Balaban J connectivity index is 1.28. The van der Waals surface area contributed by atoms with Crippen LogP contribution < -0.4 is 10.5 Å². The van der Waals surface area contributed by atoms with Crippen LogP contribution in [0, 0.1) is 11.7 Å². The summed E-state index contributed by atoms with van der Waals surface area (Å²) in [6.45, 7) is 2.22. The van der Waals surface area contributed by atoms with Crippen LogP contribution in [0.3, 0.4) is 0 Å². The number of rotatable bonds is 4. The van der Waals surface area contributed by atoms with Gasteiger partial charge in [0.2, 0.25) is 0 Å². The number of nitrogens with zero attached hydrogens (tertiary/aromatic N) is 6. The molecule has 5 rings (SSSR count). The highest BCUT2D eigenvalue weighted by Crippen LogP contribution is 2.28. The largest absolute Gasteiger partial charge is 0.356 e. The summed E-state index contributed by atoms with van der Waals surface area (Å²) < 4.78 is 15.4. The van der Waals surface area contributed by atoms with Gasteiger partial charge in [-0.2, -0.15) is 0 Å². The summed E-state index contributed by atoms with van der Waals surface area (Å²) in [5.74, 6) is 0.840. The van der Waals surface area contributed by atoms with Gasteiger partial charge in [-0.1, -0.05) is 0 Å². The second-order valence-corrected chi connectivity index (χ2v) is 7.80. The van der Waals surface area contributed by atoms with Gasteiger partial charge in [0, 0.05) is 49.0 Å². The molecular formula is C23H21FN6O. The Hall–Kier alpha value is -3.68. The van der Waals surface area contributed by atoms with Crippen LogP contribution in [0.2, 0.25) is 0 Å². The fourth-order valence-electron chi connectivity index (χ4n) is 4.11. The molecule has 8 heteroatoms. The van der Waals surface area contributed by atoms with Gasteiger partial charge in [0.15, 0.2) is 0 Å². The number of benzene rings is 1. The highest BCUT2D eigenvalue weighted by Gasteiger charge is 2.22. The second-order valence-electron chi connectivity index (χ2n) is 7.80. The van der Waals surface area contributed by atoms with E-state index in [0.717, 1.165) is 48.2 Å². The van der Waals surface area contributed by atoms with Crippen LogP contribution in [-0.2, 0) is 6.54 Å². The van der Waals surface area contributed by atoms with E-state index in [4.69, 9.17) is 0 Å². The molecule has 0 unspecified atom stereocenters. The smallest absolute Gasteiger partial charge is 0.253 e. The molecule has 0 radical (unpaired) electrons. The number of hydrogen-bond donors (Lipinski definition) is 0. The lowest BCUT2D eigenvalue weighted by Crippen LogP contribution is -2.37. The molecule has 0 atom stereocenters. The molecule has 0 N–H and O–H groups in total. The highest BCUT2D eigenvalue weighted by atomic mass is 19.1. The number of halogens is 1. The van der Waals surface area contributed by atoms with E-state index in [-0.39, 0.29) is 11.4 Å². The lowest BCUT2D eigenvalue weighted by Gasteiger charge is -2.33. The van der Waals surface area contributed by atoms with E-state index in [1.165, 1.54) is 18.5 Å². The summed E-state index contributed by atoms with van der Waals surface area (Å²) in [6.07, 6.45) is 8.37. The van der Waals surface area contributed by atoms with Crippen molar-refractivity contribution in [3.8, 4) is 11.3 Å². The van der Waals surface area contributed by atoms with Gasteiger partial charge in [-0.05, 0) is 49.1 Å². The third-order valence-corrected chi connectivity index (χ3v) is 5.78. The Morgan fingerprint density at radius 2 is 1.94 bits per heavy atom. The number of aromatic nitrogens is 5. The summed E-state index contributed by atoms with van der Waals surface area (Å²) in [5, 5.41) is 0.729. The zero-order valence-corrected chi connectivity index (χ0v) is 16.9. The predicted octanol–water partition coefficient (Wildman–Crippen LogP) is 3.30. The normalized spacial score (nSPS) is 14.8. The molecule has 4 heterocycles. The average molecular weight is 416 g/mol. The summed E-state index contributed by atoms with van der Waals surface area (Å²) in [7, 11) is 0. The van der Waals surface area contributed by atoms with E-state index in [9.17, 15) is 9.18 Å². The molecule has 0 bridgehead atoms. The second kappa shape index (κ2) is 8.22. The fourth-order valence-corrected chi connectivity index (χ4v) is 4.11. The molecule has 1 aliphatic heterocycles. The fraction of sp³-hybridized carbons (Fsp3) is 0.261. The summed E-state index contributed by atoms with van der Waals surface area (Å²) >= 11 is 0. The molecule has 1 aliphatic rings. The van der Waals surface area contributed by atoms with Crippen molar-refractivity contribution >= 4 is 16.7 Å². The minimum Gasteiger partial charge on any atom is -0.356 e. The third-order valence-electron chi connectivity index (χ3n) is 5.78. The number of fused-ring (bicyclic) bond motifs is 1. The molecule has 31 heavy (non-hydrogen) atoms. The minimum absolute atomic E-state index is 0.0615. The maximum Gasteiger partial charge on any atom is 0.253 e. The first-order chi connectivity index (χ1) is 15.2. The Kier molecular flexibility index (Phi) is 5.11. The first-order valence-corrected chi connectivity index (χ1v) is 10.3. The quantitative estimate of drug-likeness (QED) is 0.508. The van der Waals surface area contributed by atoms with Crippen molar-refractivity contribution in [1.82, 2.24) is 24.5 Å². The molecule has 3 aromatic heterocycles. The number of piperidine rings is 1. The summed E-state index contributed by atoms with van der Waals surface area (Å²) in [6, 6.07) is 9.86. The Morgan fingerprint density at radius 1 is 1.06 bits per heavy atom. The van der Waals surface area contributed by atoms with Crippen molar-refractivity contribution in [2.75, 3.05) is 18.0 Å². The van der Waals surface area contributed by atoms with Crippen molar-refractivity contribution in [3.63, 3.8) is 0 Å². The van der Waals surface area contributed by atoms with Crippen molar-refractivity contribution in [2.45, 2.75) is 19.4 Å². The molecule has 0 saturated carbocycles. The van der Waals surface area contributed by atoms with Gasteiger partial charge < -0.3 is 4.90 Å². The zero-order chi connectivity index (χ0) is 21.2. The molecule has 0 aliphatic carbocycles.